The summed E-state index contributed by atoms with van der Waals surface area (Å²) in [5, 5.41) is -5.90. The molecule has 0 radical (unpaired) electrons. The zero-order valence-electron chi connectivity index (χ0n) is 15.2. The molecule has 0 spiro atoms. The molecule has 1 N–H and O–H groups in total. The number of carbonyl (C=O) groups is 3. The van der Waals surface area contributed by atoms with Crippen LogP contribution in [0.2, 0.25) is 0 Å². The molecule has 2 aliphatic carbocycles. The minimum Gasteiger partial charge on any atom is -0.461 e. The van der Waals surface area contributed by atoms with E-state index in [0.29, 0.717) is 0 Å². The molecule has 0 aromatic rings. The number of halogens is 4. The summed E-state index contributed by atoms with van der Waals surface area (Å²) in [4.78, 5) is 36.3. The Balaban J connectivity index is 1.76. The number of esters is 3. The highest BCUT2D eigenvalue weighted by atomic mass is 32.2. The molecule has 14 heteroatoms. The third-order valence-electron chi connectivity index (χ3n) is 5.55. The second kappa shape index (κ2) is 6.90. The SMILES string of the molecule is C=C(C)C(=O)OC1C2CC3C(OC(=O)C31)C2C(=O)OCC(F)(F)C(F)(F)S(=O)(=O)O. The average Bonchev–Trinajstić information content (AvgIpc) is 3.21. The highest BCUT2D eigenvalue weighted by molar-refractivity contribution is 7.87. The van der Waals surface area contributed by atoms with Gasteiger partial charge in [-0.2, -0.15) is 26.0 Å². The van der Waals surface area contributed by atoms with Crippen molar-refractivity contribution in [1.82, 2.24) is 0 Å². The van der Waals surface area contributed by atoms with Gasteiger partial charge >= 0.3 is 39.2 Å². The molecule has 0 aromatic carbocycles. The Morgan fingerprint density at radius 1 is 1.27 bits per heavy atom. The van der Waals surface area contributed by atoms with Crippen LogP contribution in [0.4, 0.5) is 17.6 Å². The molecule has 6 atom stereocenters. The topological polar surface area (TPSA) is 133 Å². The molecule has 1 heterocycles. The zero-order chi connectivity index (χ0) is 22.8. The molecule has 168 valence electrons. The van der Waals surface area contributed by atoms with Gasteiger partial charge in [0, 0.05) is 17.4 Å². The van der Waals surface area contributed by atoms with Crippen LogP contribution in [0.25, 0.3) is 0 Å². The predicted octanol–water partition coefficient (Wildman–Crippen LogP) is 0.941. The minimum atomic E-state index is -6.49. The fourth-order valence-corrected chi connectivity index (χ4v) is 4.65. The summed E-state index contributed by atoms with van der Waals surface area (Å²) in [5.41, 5.74) is 0.00639. The maximum Gasteiger partial charge on any atom is 0.435 e. The molecule has 0 aromatic heterocycles. The van der Waals surface area contributed by atoms with Crippen molar-refractivity contribution in [3.63, 3.8) is 0 Å². The van der Waals surface area contributed by atoms with Crippen molar-refractivity contribution in [2.45, 2.75) is 36.7 Å². The Morgan fingerprint density at radius 3 is 2.40 bits per heavy atom. The van der Waals surface area contributed by atoms with Gasteiger partial charge in [-0.15, -0.1) is 0 Å². The van der Waals surface area contributed by atoms with E-state index < -0.39 is 81.7 Å². The number of hydrogen-bond donors (Lipinski definition) is 1. The number of ether oxygens (including phenoxy) is 3. The Morgan fingerprint density at radius 2 is 1.87 bits per heavy atom. The van der Waals surface area contributed by atoms with Crippen LogP contribution in [0.1, 0.15) is 13.3 Å². The molecule has 3 aliphatic rings. The van der Waals surface area contributed by atoms with E-state index in [1.54, 1.807) is 0 Å². The van der Waals surface area contributed by atoms with Crippen LogP contribution >= 0.6 is 0 Å². The molecule has 1 aliphatic heterocycles. The van der Waals surface area contributed by atoms with E-state index in [9.17, 15) is 40.4 Å². The number of fused-ring (bicyclic) bond motifs is 1. The van der Waals surface area contributed by atoms with Crippen LogP contribution in [0.3, 0.4) is 0 Å². The first-order chi connectivity index (χ1) is 13.6. The van der Waals surface area contributed by atoms with Gasteiger partial charge in [-0.05, 0) is 13.3 Å². The van der Waals surface area contributed by atoms with Gasteiger partial charge in [-0.25, -0.2) is 4.79 Å². The summed E-state index contributed by atoms with van der Waals surface area (Å²) < 4.78 is 97.5. The van der Waals surface area contributed by atoms with Gasteiger partial charge in [0.05, 0.1) is 0 Å². The van der Waals surface area contributed by atoms with Gasteiger partial charge in [-0.3, -0.25) is 14.1 Å². The summed E-state index contributed by atoms with van der Waals surface area (Å²) in [6, 6.07) is 0. The lowest BCUT2D eigenvalue weighted by Gasteiger charge is -2.31. The molecule has 3 fully saturated rings. The quantitative estimate of drug-likeness (QED) is 0.194. The summed E-state index contributed by atoms with van der Waals surface area (Å²) >= 11 is 0. The fraction of sp³-hybridized carbons (Fsp3) is 0.688. The maximum absolute atomic E-state index is 13.6. The van der Waals surface area contributed by atoms with Crippen LogP contribution in [-0.4, -0.2) is 60.9 Å². The Labute approximate surface area is 167 Å². The van der Waals surface area contributed by atoms with E-state index in [1.807, 2.05) is 0 Å². The van der Waals surface area contributed by atoms with Crippen LogP contribution in [-0.2, 0) is 38.7 Å². The van der Waals surface area contributed by atoms with Crippen LogP contribution in [0, 0.1) is 23.7 Å². The number of carbonyl (C=O) groups excluding carboxylic acids is 3. The van der Waals surface area contributed by atoms with Gasteiger partial charge in [0.2, 0.25) is 0 Å². The molecule has 1 saturated heterocycles. The number of alkyl halides is 4. The van der Waals surface area contributed by atoms with Crippen LogP contribution in [0.15, 0.2) is 12.2 Å². The molecule has 2 saturated carbocycles. The van der Waals surface area contributed by atoms with E-state index in [1.165, 1.54) is 6.92 Å². The van der Waals surface area contributed by atoms with Crippen LogP contribution in [0.5, 0.6) is 0 Å². The first kappa shape index (κ1) is 22.5. The van der Waals surface area contributed by atoms with E-state index in [-0.39, 0.29) is 12.0 Å². The molecule has 30 heavy (non-hydrogen) atoms. The third-order valence-corrected chi connectivity index (χ3v) is 6.50. The summed E-state index contributed by atoms with van der Waals surface area (Å²) in [7, 11) is -6.49. The van der Waals surface area contributed by atoms with Crippen molar-refractivity contribution in [3.8, 4) is 0 Å². The first-order valence-corrected chi connectivity index (χ1v) is 10.0. The summed E-state index contributed by atoms with van der Waals surface area (Å²) in [6.07, 6.45) is -2.04. The highest BCUT2D eigenvalue weighted by Crippen LogP contribution is 2.59. The summed E-state index contributed by atoms with van der Waals surface area (Å²) in [5.74, 6) is -12.2. The third kappa shape index (κ3) is 3.25. The molecule has 6 unspecified atom stereocenters. The highest BCUT2D eigenvalue weighted by Gasteiger charge is 2.71. The van der Waals surface area contributed by atoms with Gasteiger partial charge in [0.1, 0.15) is 24.0 Å². The van der Waals surface area contributed by atoms with E-state index in [2.05, 4.69) is 11.3 Å². The minimum absolute atomic E-state index is 0.00639. The standard InChI is InChI=1S/C16H16F4O9S/c1-5(2)12(21)28-11-6-3-7-9(11)14(23)29-10(7)8(6)13(22)27-4-15(17,18)16(19,20)30(24,25)26/h6-11H,1,3-4H2,2H3,(H,24,25,26). The van der Waals surface area contributed by atoms with Crippen molar-refractivity contribution in [3.05, 3.63) is 12.2 Å². The number of hydrogen-bond acceptors (Lipinski definition) is 8. The van der Waals surface area contributed by atoms with Gasteiger partial charge in [0.25, 0.3) is 0 Å². The molecule has 2 bridgehead atoms. The van der Waals surface area contributed by atoms with Gasteiger partial charge < -0.3 is 14.2 Å². The van der Waals surface area contributed by atoms with E-state index in [4.69, 9.17) is 14.0 Å². The predicted molar refractivity (Wildman–Crippen MR) is 85.6 cm³/mol. The molecule has 3 rings (SSSR count). The maximum atomic E-state index is 13.6. The fourth-order valence-electron chi connectivity index (χ4n) is 4.21. The largest absolute Gasteiger partial charge is 0.461 e. The van der Waals surface area contributed by atoms with Crippen LogP contribution < -0.4 is 0 Å². The van der Waals surface area contributed by atoms with Crippen molar-refractivity contribution in [2.24, 2.45) is 23.7 Å². The van der Waals surface area contributed by atoms with Gasteiger partial charge in [0.15, 0.2) is 6.61 Å². The second-order valence-electron chi connectivity index (χ2n) is 7.47. The lowest BCUT2D eigenvalue weighted by molar-refractivity contribution is -0.201. The Hall–Kier alpha value is -2.22. The lowest BCUT2D eigenvalue weighted by atomic mass is 9.80. The lowest BCUT2D eigenvalue weighted by Crippen LogP contribution is -2.51. The molecule has 9 nitrogen and oxygen atoms in total. The number of rotatable bonds is 7. The first-order valence-electron chi connectivity index (χ1n) is 8.56. The zero-order valence-corrected chi connectivity index (χ0v) is 16.0. The van der Waals surface area contributed by atoms with Crippen molar-refractivity contribution < 1.29 is 59.1 Å². The Bertz CT molecular complexity index is 916. The monoisotopic (exact) mass is 460 g/mol. The average molecular weight is 460 g/mol. The van der Waals surface area contributed by atoms with E-state index in [0.717, 1.165) is 0 Å². The van der Waals surface area contributed by atoms with Crippen molar-refractivity contribution >= 4 is 28.0 Å². The van der Waals surface area contributed by atoms with E-state index >= 15 is 0 Å². The molecular formula is C16H16F4O9S. The van der Waals surface area contributed by atoms with Gasteiger partial charge in [-0.1, -0.05) is 6.58 Å². The molecule has 0 amide bonds. The molecular weight excluding hydrogens is 444 g/mol. The second-order valence-corrected chi connectivity index (χ2v) is 8.93. The smallest absolute Gasteiger partial charge is 0.435 e. The van der Waals surface area contributed by atoms with Crippen molar-refractivity contribution in [1.29, 1.82) is 0 Å². The Kier molecular flexibility index (Phi) is 5.17. The normalized spacial score (nSPS) is 32.7. The van der Waals surface area contributed by atoms with Crippen molar-refractivity contribution in [2.75, 3.05) is 6.61 Å². The summed E-state index contributed by atoms with van der Waals surface area (Å²) in [6.45, 7) is 2.37.